The van der Waals surface area contributed by atoms with E-state index in [1.54, 1.807) is 0 Å². The van der Waals surface area contributed by atoms with E-state index in [1.807, 2.05) is 28.8 Å². The fraction of sp³-hybridized carbons (Fsp3) is 0.619. The first-order valence-corrected chi connectivity index (χ1v) is 11.0. The summed E-state index contributed by atoms with van der Waals surface area (Å²) in [5.74, 6) is 1.88. The summed E-state index contributed by atoms with van der Waals surface area (Å²) < 4.78 is 2.00. The summed E-state index contributed by atoms with van der Waals surface area (Å²) in [7, 11) is 0. The molecule has 0 radical (unpaired) electrons. The van der Waals surface area contributed by atoms with Gasteiger partial charge in [-0.1, -0.05) is 13.0 Å². The average Bonchev–Trinajstić information content (AvgIpc) is 3.17. The number of carbonyl (C=O) groups is 1. The van der Waals surface area contributed by atoms with Gasteiger partial charge in [0, 0.05) is 51.4 Å². The van der Waals surface area contributed by atoms with Crippen molar-refractivity contribution in [2.75, 3.05) is 39.3 Å². The van der Waals surface area contributed by atoms with Gasteiger partial charge < -0.3 is 16.0 Å². The Balaban J connectivity index is 1.45. The third kappa shape index (κ3) is 6.41. The Kier molecular flexibility index (Phi) is 8.43. The number of aromatic nitrogens is 3. The van der Waals surface area contributed by atoms with Gasteiger partial charge in [0.15, 0.2) is 11.6 Å². The number of fused-ring (bicyclic) bond motifs is 1. The molecule has 0 spiro atoms. The summed E-state index contributed by atoms with van der Waals surface area (Å²) in [6.07, 6.45) is 5.68. The van der Waals surface area contributed by atoms with E-state index in [9.17, 15) is 4.79 Å². The first kappa shape index (κ1) is 22.0. The summed E-state index contributed by atoms with van der Waals surface area (Å²) >= 11 is 0. The predicted molar refractivity (Wildman–Crippen MR) is 119 cm³/mol. The SMILES string of the molecule is CCCNC(=O)CN1CCC(NC(=NCCc2nnc3ccccn23)NCC)CC1. The Labute approximate surface area is 178 Å². The monoisotopic (exact) mass is 414 g/mol. The number of carbonyl (C=O) groups excluding carboxylic acids is 1. The molecular weight excluding hydrogens is 380 g/mol. The van der Waals surface area contributed by atoms with Gasteiger partial charge in [0.2, 0.25) is 5.91 Å². The maximum Gasteiger partial charge on any atom is 0.234 e. The molecule has 9 nitrogen and oxygen atoms in total. The number of hydrogen-bond acceptors (Lipinski definition) is 5. The Hall–Kier alpha value is -2.68. The highest BCUT2D eigenvalue weighted by molar-refractivity contribution is 5.80. The number of nitrogens with one attached hydrogen (secondary N) is 3. The van der Waals surface area contributed by atoms with Gasteiger partial charge in [0.1, 0.15) is 5.82 Å². The first-order valence-electron chi connectivity index (χ1n) is 11.0. The summed E-state index contributed by atoms with van der Waals surface area (Å²) in [6, 6.07) is 6.26. The number of likely N-dealkylation sites (tertiary alicyclic amines) is 1. The quantitative estimate of drug-likeness (QED) is 0.415. The molecule has 0 aromatic carbocycles. The summed E-state index contributed by atoms with van der Waals surface area (Å²) in [4.78, 5) is 18.9. The molecule has 9 heteroatoms. The standard InChI is InChI=1S/C21H34N8O/c1-3-11-23-20(30)16-28-14-9-17(10-15-28)25-21(22-4-2)24-12-8-19-27-26-18-7-5-6-13-29(18)19/h5-7,13,17H,3-4,8-12,14-16H2,1-2H3,(H,23,30)(H2,22,24,25). The van der Waals surface area contributed by atoms with Gasteiger partial charge >= 0.3 is 0 Å². The van der Waals surface area contributed by atoms with E-state index in [2.05, 4.69) is 44.9 Å². The number of hydrogen-bond donors (Lipinski definition) is 3. The van der Waals surface area contributed by atoms with Crippen molar-refractivity contribution in [3.8, 4) is 0 Å². The van der Waals surface area contributed by atoms with Crippen LogP contribution in [0.15, 0.2) is 29.4 Å². The van der Waals surface area contributed by atoms with Crippen LogP contribution in [0.5, 0.6) is 0 Å². The molecule has 0 aliphatic carbocycles. The molecule has 3 N–H and O–H groups in total. The van der Waals surface area contributed by atoms with Gasteiger partial charge in [-0.05, 0) is 38.3 Å². The lowest BCUT2D eigenvalue weighted by atomic mass is 10.1. The molecule has 1 aliphatic rings. The molecule has 0 bridgehead atoms. The van der Waals surface area contributed by atoms with E-state index in [0.29, 0.717) is 19.1 Å². The lowest BCUT2D eigenvalue weighted by Crippen LogP contribution is -2.50. The van der Waals surface area contributed by atoms with Crippen LogP contribution in [0.3, 0.4) is 0 Å². The maximum atomic E-state index is 11.9. The van der Waals surface area contributed by atoms with Crippen LogP contribution in [-0.2, 0) is 11.2 Å². The fourth-order valence-electron chi connectivity index (χ4n) is 3.60. The zero-order chi connectivity index (χ0) is 21.2. The topological polar surface area (TPSA) is 99.0 Å². The molecule has 164 valence electrons. The summed E-state index contributed by atoms with van der Waals surface area (Å²) in [5, 5.41) is 18.3. The van der Waals surface area contributed by atoms with Crippen molar-refractivity contribution in [3.63, 3.8) is 0 Å². The van der Waals surface area contributed by atoms with Crippen molar-refractivity contribution in [1.29, 1.82) is 0 Å². The molecule has 30 heavy (non-hydrogen) atoms. The van der Waals surface area contributed by atoms with Crippen LogP contribution in [0.25, 0.3) is 5.65 Å². The number of amides is 1. The molecule has 1 amide bonds. The summed E-state index contributed by atoms with van der Waals surface area (Å²) in [6.45, 7) is 8.68. The predicted octanol–water partition coefficient (Wildman–Crippen LogP) is 0.818. The Morgan fingerprint density at radius 1 is 1.20 bits per heavy atom. The largest absolute Gasteiger partial charge is 0.357 e. The number of aliphatic imine (C=N–C) groups is 1. The molecule has 0 saturated carbocycles. The van der Waals surface area contributed by atoms with Crippen molar-refractivity contribution in [3.05, 3.63) is 30.2 Å². The van der Waals surface area contributed by atoms with E-state index in [-0.39, 0.29) is 5.91 Å². The molecule has 2 aromatic rings. The van der Waals surface area contributed by atoms with Crippen molar-refractivity contribution in [1.82, 2.24) is 35.4 Å². The highest BCUT2D eigenvalue weighted by Crippen LogP contribution is 2.10. The number of guanidine groups is 1. The highest BCUT2D eigenvalue weighted by Gasteiger charge is 2.21. The van der Waals surface area contributed by atoms with Crippen LogP contribution in [0.2, 0.25) is 0 Å². The minimum Gasteiger partial charge on any atom is -0.357 e. The molecule has 2 aromatic heterocycles. The van der Waals surface area contributed by atoms with Crippen LogP contribution in [0.1, 0.15) is 38.9 Å². The van der Waals surface area contributed by atoms with Gasteiger partial charge in [-0.3, -0.25) is 19.1 Å². The molecule has 0 unspecified atom stereocenters. The Morgan fingerprint density at radius 2 is 2.03 bits per heavy atom. The van der Waals surface area contributed by atoms with Gasteiger partial charge in [0.25, 0.3) is 0 Å². The molecular formula is C21H34N8O. The van der Waals surface area contributed by atoms with Crippen molar-refractivity contribution in [2.45, 2.75) is 45.6 Å². The Bertz CT molecular complexity index is 825. The number of rotatable bonds is 9. The van der Waals surface area contributed by atoms with Crippen molar-refractivity contribution in [2.24, 2.45) is 4.99 Å². The second-order valence-corrected chi connectivity index (χ2v) is 7.60. The second kappa shape index (κ2) is 11.5. The molecule has 1 fully saturated rings. The van der Waals surface area contributed by atoms with E-state index >= 15 is 0 Å². The highest BCUT2D eigenvalue weighted by atomic mass is 16.2. The van der Waals surface area contributed by atoms with Gasteiger partial charge in [-0.15, -0.1) is 10.2 Å². The molecule has 3 rings (SSSR count). The number of nitrogens with zero attached hydrogens (tertiary/aromatic N) is 5. The molecule has 1 aliphatic heterocycles. The van der Waals surface area contributed by atoms with Crippen molar-refractivity contribution < 1.29 is 4.79 Å². The van der Waals surface area contributed by atoms with Crippen LogP contribution in [0.4, 0.5) is 0 Å². The smallest absolute Gasteiger partial charge is 0.234 e. The van der Waals surface area contributed by atoms with Crippen LogP contribution < -0.4 is 16.0 Å². The van der Waals surface area contributed by atoms with Gasteiger partial charge in [-0.25, -0.2) is 0 Å². The lowest BCUT2D eigenvalue weighted by Gasteiger charge is -2.32. The molecule has 0 atom stereocenters. The van der Waals surface area contributed by atoms with Crippen LogP contribution >= 0.6 is 0 Å². The van der Waals surface area contributed by atoms with Gasteiger partial charge in [0.05, 0.1) is 6.54 Å². The maximum absolute atomic E-state index is 11.9. The van der Waals surface area contributed by atoms with E-state index in [0.717, 1.165) is 69.3 Å². The third-order valence-corrected chi connectivity index (χ3v) is 5.20. The van der Waals surface area contributed by atoms with Crippen LogP contribution in [-0.4, -0.2) is 76.7 Å². The van der Waals surface area contributed by atoms with E-state index in [4.69, 9.17) is 4.99 Å². The molecule has 3 heterocycles. The fourth-order valence-corrected chi connectivity index (χ4v) is 3.60. The Morgan fingerprint density at radius 3 is 2.80 bits per heavy atom. The second-order valence-electron chi connectivity index (χ2n) is 7.60. The van der Waals surface area contributed by atoms with Crippen molar-refractivity contribution >= 4 is 17.5 Å². The minimum atomic E-state index is 0.124. The number of piperidine rings is 1. The molecule has 1 saturated heterocycles. The zero-order valence-corrected chi connectivity index (χ0v) is 18.1. The lowest BCUT2D eigenvalue weighted by molar-refractivity contribution is -0.122. The third-order valence-electron chi connectivity index (χ3n) is 5.20. The average molecular weight is 415 g/mol. The number of pyridine rings is 1. The van der Waals surface area contributed by atoms with Gasteiger partial charge in [-0.2, -0.15) is 0 Å². The minimum absolute atomic E-state index is 0.124. The summed E-state index contributed by atoms with van der Waals surface area (Å²) in [5.41, 5.74) is 0.858. The first-order chi connectivity index (χ1) is 14.7. The van der Waals surface area contributed by atoms with E-state index in [1.165, 1.54) is 0 Å². The van der Waals surface area contributed by atoms with Crippen LogP contribution in [0, 0.1) is 0 Å². The normalized spacial score (nSPS) is 16.0. The van der Waals surface area contributed by atoms with E-state index < -0.39 is 0 Å². The zero-order valence-electron chi connectivity index (χ0n) is 18.1.